The third kappa shape index (κ3) is 4.61. The molecule has 5 heteroatoms. The van der Waals surface area contributed by atoms with Gasteiger partial charge in [0.2, 0.25) is 0 Å². The fourth-order valence-electron chi connectivity index (χ4n) is 1.28. The minimum Gasteiger partial charge on any atom is -0.493 e. The molecule has 0 aliphatic carbocycles. The number of hydrogen-bond acceptors (Lipinski definition) is 3. The van der Waals surface area contributed by atoms with E-state index in [0.29, 0.717) is 24.3 Å². The van der Waals surface area contributed by atoms with Gasteiger partial charge in [-0.05, 0) is 37.1 Å². The molecule has 0 saturated carbocycles. The van der Waals surface area contributed by atoms with Crippen LogP contribution in [0.25, 0.3) is 0 Å². The molecule has 1 rings (SSSR count). The zero-order valence-electron chi connectivity index (χ0n) is 9.36. The molecule has 90 valence electrons. The molecule has 0 aliphatic rings. The van der Waals surface area contributed by atoms with Crippen molar-refractivity contribution in [3.8, 4) is 5.75 Å². The van der Waals surface area contributed by atoms with Crippen molar-refractivity contribution >= 4 is 9.84 Å². The first kappa shape index (κ1) is 13.0. The van der Waals surface area contributed by atoms with Crippen LogP contribution in [0.5, 0.6) is 5.75 Å². The number of ether oxygens (including phenoxy) is 1. The summed E-state index contributed by atoms with van der Waals surface area (Å²) in [5, 5.41) is 0. The monoisotopic (exact) mass is 246 g/mol. The van der Waals surface area contributed by atoms with E-state index in [9.17, 15) is 12.8 Å². The van der Waals surface area contributed by atoms with Gasteiger partial charge >= 0.3 is 0 Å². The lowest BCUT2D eigenvalue weighted by molar-refractivity contribution is 0.315. The van der Waals surface area contributed by atoms with Crippen molar-refractivity contribution < 1.29 is 17.5 Å². The standard InChI is InChI=1S/C11H15FO3S/c1-9-8-10(12)4-5-11(9)15-6-3-7-16(2,13)14/h4-5,8H,3,6-7H2,1-2H3. The second kappa shape index (κ2) is 5.30. The van der Waals surface area contributed by atoms with Crippen LogP contribution in [0.15, 0.2) is 18.2 Å². The van der Waals surface area contributed by atoms with E-state index in [4.69, 9.17) is 4.74 Å². The summed E-state index contributed by atoms with van der Waals surface area (Å²) < 4.78 is 39.8. The predicted molar refractivity (Wildman–Crippen MR) is 61.0 cm³/mol. The summed E-state index contributed by atoms with van der Waals surface area (Å²) >= 11 is 0. The Kier molecular flexibility index (Phi) is 4.29. The largest absolute Gasteiger partial charge is 0.493 e. The lowest BCUT2D eigenvalue weighted by atomic mass is 10.2. The van der Waals surface area contributed by atoms with E-state index < -0.39 is 9.84 Å². The SMILES string of the molecule is Cc1cc(F)ccc1OCCCS(C)(=O)=O. The maximum Gasteiger partial charge on any atom is 0.147 e. The normalized spacial score (nSPS) is 11.4. The summed E-state index contributed by atoms with van der Waals surface area (Å²) in [6.45, 7) is 2.06. The molecule has 0 bridgehead atoms. The number of halogens is 1. The average molecular weight is 246 g/mol. The predicted octanol–water partition coefficient (Wildman–Crippen LogP) is 1.95. The highest BCUT2D eigenvalue weighted by Gasteiger charge is 2.04. The van der Waals surface area contributed by atoms with E-state index >= 15 is 0 Å². The topological polar surface area (TPSA) is 43.4 Å². The quantitative estimate of drug-likeness (QED) is 0.746. The van der Waals surface area contributed by atoms with Crippen molar-refractivity contribution in [2.45, 2.75) is 13.3 Å². The molecule has 0 saturated heterocycles. The van der Waals surface area contributed by atoms with Gasteiger partial charge in [0, 0.05) is 6.26 Å². The molecular weight excluding hydrogens is 231 g/mol. The molecule has 0 fully saturated rings. The van der Waals surface area contributed by atoms with Gasteiger partial charge in [-0.1, -0.05) is 0 Å². The van der Waals surface area contributed by atoms with E-state index in [1.165, 1.54) is 18.4 Å². The Hall–Kier alpha value is -1.10. The summed E-state index contributed by atoms with van der Waals surface area (Å²) in [5.41, 5.74) is 0.708. The Morgan fingerprint density at radius 1 is 1.38 bits per heavy atom. The summed E-state index contributed by atoms with van der Waals surface area (Å²) in [6, 6.07) is 4.25. The number of benzene rings is 1. The van der Waals surface area contributed by atoms with Crippen LogP contribution >= 0.6 is 0 Å². The lowest BCUT2D eigenvalue weighted by Gasteiger charge is -2.08. The first-order chi connectivity index (χ1) is 7.38. The van der Waals surface area contributed by atoms with Crippen LogP contribution in [-0.2, 0) is 9.84 Å². The van der Waals surface area contributed by atoms with Gasteiger partial charge in [0.05, 0.1) is 12.4 Å². The Morgan fingerprint density at radius 2 is 2.06 bits per heavy atom. The van der Waals surface area contributed by atoms with Crippen LogP contribution in [0.2, 0.25) is 0 Å². The van der Waals surface area contributed by atoms with Gasteiger partial charge in [-0.25, -0.2) is 12.8 Å². The molecule has 0 spiro atoms. The van der Waals surface area contributed by atoms with Gasteiger partial charge in [0.1, 0.15) is 21.4 Å². The molecule has 0 amide bonds. The van der Waals surface area contributed by atoms with Gasteiger partial charge in [0.25, 0.3) is 0 Å². The zero-order chi connectivity index (χ0) is 12.2. The first-order valence-corrected chi connectivity index (χ1v) is 7.01. The molecule has 0 aliphatic heterocycles. The molecule has 0 aromatic heterocycles. The van der Waals surface area contributed by atoms with Crippen molar-refractivity contribution in [1.29, 1.82) is 0 Å². The van der Waals surface area contributed by atoms with Crippen LogP contribution in [0.4, 0.5) is 4.39 Å². The molecule has 3 nitrogen and oxygen atoms in total. The third-order valence-electron chi connectivity index (χ3n) is 2.05. The Bertz CT molecular complexity index is 454. The van der Waals surface area contributed by atoms with E-state index in [1.807, 2.05) is 0 Å². The highest BCUT2D eigenvalue weighted by atomic mass is 32.2. The van der Waals surface area contributed by atoms with E-state index in [0.717, 1.165) is 0 Å². The zero-order valence-corrected chi connectivity index (χ0v) is 10.2. The average Bonchev–Trinajstić information content (AvgIpc) is 2.13. The minimum absolute atomic E-state index is 0.104. The molecule has 0 unspecified atom stereocenters. The molecule has 0 atom stereocenters. The van der Waals surface area contributed by atoms with E-state index in [-0.39, 0.29) is 11.6 Å². The molecule has 0 radical (unpaired) electrons. The van der Waals surface area contributed by atoms with E-state index in [1.54, 1.807) is 13.0 Å². The van der Waals surface area contributed by atoms with Crippen LogP contribution in [0.3, 0.4) is 0 Å². The fourth-order valence-corrected chi connectivity index (χ4v) is 1.92. The van der Waals surface area contributed by atoms with Crippen molar-refractivity contribution in [2.75, 3.05) is 18.6 Å². The maximum absolute atomic E-state index is 12.8. The second-order valence-electron chi connectivity index (χ2n) is 3.74. The van der Waals surface area contributed by atoms with Gasteiger partial charge < -0.3 is 4.74 Å². The number of aryl methyl sites for hydroxylation is 1. The van der Waals surface area contributed by atoms with Crippen LogP contribution in [0, 0.1) is 12.7 Å². The smallest absolute Gasteiger partial charge is 0.147 e. The molecule has 1 aromatic carbocycles. The Morgan fingerprint density at radius 3 is 2.62 bits per heavy atom. The Balaban J connectivity index is 2.43. The van der Waals surface area contributed by atoms with Crippen LogP contribution in [-0.4, -0.2) is 27.0 Å². The van der Waals surface area contributed by atoms with Gasteiger partial charge in [-0.3, -0.25) is 0 Å². The molecule has 16 heavy (non-hydrogen) atoms. The summed E-state index contributed by atoms with van der Waals surface area (Å²) in [4.78, 5) is 0. The highest BCUT2D eigenvalue weighted by molar-refractivity contribution is 7.90. The van der Waals surface area contributed by atoms with Crippen molar-refractivity contribution in [3.63, 3.8) is 0 Å². The summed E-state index contributed by atoms with van der Waals surface area (Å²) in [5.74, 6) is 0.392. The van der Waals surface area contributed by atoms with Crippen molar-refractivity contribution in [1.82, 2.24) is 0 Å². The fraction of sp³-hybridized carbons (Fsp3) is 0.455. The molecule has 0 N–H and O–H groups in total. The van der Waals surface area contributed by atoms with Crippen LogP contribution < -0.4 is 4.74 Å². The minimum atomic E-state index is -2.94. The lowest BCUT2D eigenvalue weighted by Crippen LogP contribution is -2.08. The molecular formula is C11H15FO3S. The van der Waals surface area contributed by atoms with Crippen molar-refractivity contribution in [2.24, 2.45) is 0 Å². The molecule has 1 aromatic rings. The highest BCUT2D eigenvalue weighted by Crippen LogP contribution is 2.18. The number of rotatable bonds is 5. The third-order valence-corrected chi connectivity index (χ3v) is 3.08. The Labute approximate surface area is 95.2 Å². The van der Waals surface area contributed by atoms with Gasteiger partial charge in [0.15, 0.2) is 0 Å². The van der Waals surface area contributed by atoms with Gasteiger partial charge in [-0.15, -0.1) is 0 Å². The number of hydrogen-bond donors (Lipinski definition) is 0. The second-order valence-corrected chi connectivity index (χ2v) is 6.00. The summed E-state index contributed by atoms with van der Waals surface area (Å²) in [7, 11) is -2.94. The maximum atomic E-state index is 12.8. The number of sulfone groups is 1. The van der Waals surface area contributed by atoms with E-state index in [2.05, 4.69) is 0 Å². The first-order valence-electron chi connectivity index (χ1n) is 4.95. The van der Waals surface area contributed by atoms with Gasteiger partial charge in [-0.2, -0.15) is 0 Å². The van der Waals surface area contributed by atoms with Crippen LogP contribution in [0.1, 0.15) is 12.0 Å². The van der Waals surface area contributed by atoms with Crippen molar-refractivity contribution in [3.05, 3.63) is 29.6 Å². The summed E-state index contributed by atoms with van der Waals surface area (Å²) in [6.07, 6.45) is 1.63. The molecule has 0 heterocycles.